The summed E-state index contributed by atoms with van der Waals surface area (Å²) in [5.41, 5.74) is 0.824. The number of rotatable bonds is 6. The summed E-state index contributed by atoms with van der Waals surface area (Å²) in [5.74, 6) is -1.32. The molecule has 3 aromatic rings. The molecule has 2 aromatic carbocycles. The molecule has 0 fully saturated rings. The first-order chi connectivity index (χ1) is 14.4. The molecule has 0 unspecified atom stereocenters. The minimum absolute atomic E-state index is 0.101. The number of benzene rings is 2. The molecule has 3 rings (SSSR count). The summed E-state index contributed by atoms with van der Waals surface area (Å²) < 4.78 is 32.2. The Bertz CT molecular complexity index is 1100. The summed E-state index contributed by atoms with van der Waals surface area (Å²) in [5, 5.41) is 5.11. The Labute approximate surface area is 171 Å². The molecule has 0 radical (unpaired) electrons. The zero-order chi connectivity index (χ0) is 21.5. The van der Waals surface area contributed by atoms with E-state index in [1.807, 2.05) is 0 Å². The van der Waals surface area contributed by atoms with Crippen LogP contribution in [0.3, 0.4) is 0 Å². The van der Waals surface area contributed by atoms with Crippen molar-refractivity contribution in [3.05, 3.63) is 89.8 Å². The average molecular weight is 409 g/mol. The quantitative estimate of drug-likeness (QED) is 0.599. The topological polar surface area (TPSA) is 80.3 Å². The molecular weight excluding hydrogens is 392 g/mol. The van der Waals surface area contributed by atoms with Gasteiger partial charge in [-0.05, 0) is 48.5 Å². The van der Waals surface area contributed by atoms with Gasteiger partial charge in [-0.25, -0.2) is 8.78 Å². The Kier molecular flexibility index (Phi) is 6.49. The van der Waals surface area contributed by atoms with E-state index in [1.165, 1.54) is 31.5 Å². The molecule has 0 atom stereocenters. The van der Waals surface area contributed by atoms with Crippen molar-refractivity contribution in [1.29, 1.82) is 0 Å². The molecule has 152 valence electrons. The van der Waals surface area contributed by atoms with Crippen LogP contribution in [0, 0.1) is 11.6 Å². The van der Waals surface area contributed by atoms with Gasteiger partial charge in [0.15, 0.2) is 0 Å². The van der Waals surface area contributed by atoms with Crippen LogP contribution in [0.1, 0.15) is 16.1 Å². The lowest BCUT2D eigenvalue weighted by atomic mass is 10.2. The average Bonchev–Trinajstić information content (AvgIpc) is 2.74. The molecule has 1 heterocycles. The second-order valence-corrected chi connectivity index (χ2v) is 6.07. The predicted molar refractivity (Wildman–Crippen MR) is 108 cm³/mol. The standard InChI is InChI=1S/C22H17F2N3O3/c1-25-22(29)20-13-18(10-11-26-20)30-17-7-5-16(6-8-17)27-21(28)9-3-14-2-4-15(23)12-19(14)24/h2-13H,1H3,(H,25,29)(H,27,28). The number of hydrogen-bond acceptors (Lipinski definition) is 4. The van der Waals surface area contributed by atoms with Gasteiger partial charge in [-0.3, -0.25) is 14.6 Å². The SMILES string of the molecule is CNC(=O)c1cc(Oc2ccc(NC(=O)C=Cc3ccc(F)cc3F)cc2)ccn1. The van der Waals surface area contributed by atoms with Crippen LogP contribution in [-0.2, 0) is 4.79 Å². The largest absolute Gasteiger partial charge is 0.457 e. The maximum atomic E-state index is 13.6. The molecule has 0 aliphatic rings. The summed E-state index contributed by atoms with van der Waals surface area (Å²) in [4.78, 5) is 27.6. The highest BCUT2D eigenvalue weighted by Crippen LogP contribution is 2.23. The fourth-order valence-corrected chi connectivity index (χ4v) is 2.46. The molecule has 8 heteroatoms. The number of ether oxygens (including phenoxy) is 1. The molecule has 0 bridgehead atoms. The number of hydrogen-bond donors (Lipinski definition) is 2. The number of amides is 2. The molecular formula is C22H17F2N3O3. The number of nitrogens with one attached hydrogen (secondary N) is 2. The summed E-state index contributed by atoms with van der Waals surface area (Å²) in [6, 6.07) is 12.7. The van der Waals surface area contributed by atoms with Gasteiger partial charge < -0.3 is 15.4 Å². The van der Waals surface area contributed by atoms with Crippen LogP contribution in [0.2, 0.25) is 0 Å². The Hall–Kier alpha value is -4.07. The van der Waals surface area contributed by atoms with Crippen LogP contribution < -0.4 is 15.4 Å². The van der Waals surface area contributed by atoms with E-state index in [4.69, 9.17) is 4.74 Å². The predicted octanol–water partition coefficient (Wildman–Crippen LogP) is 4.16. The Morgan fingerprint density at radius 3 is 2.47 bits per heavy atom. The first-order valence-electron chi connectivity index (χ1n) is 8.85. The van der Waals surface area contributed by atoms with Gasteiger partial charge in [0.1, 0.15) is 28.8 Å². The lowest BCUT2D eigenvalue weighted by Crippen LogP contribution is -2.18. The minimum atomic E-state index is -0.753. The number of pyridine rings is 1. The van der Waals surface area contributed by atoms with Gasteiger partial charge in [-0.2, -0.15) is 0 Å². The summed E-state index contributed by atoms with van der Waals surface area (Å²) in [6.07, 6.45) is 3.87. The fourth-order valence-electron chi connectivity index (χ4n) is 2.46. The van der Waals surface area contributed by atoms with Crippen molar-refractivity contribution in [2.45, 2.75) is 0 Å². The van der Waals surface area contributed by atoms with Gasteiger partial charge in [-0.15, -0.1) is 0 Å². The lowest BCUT2D eigenvalue weighted by molar-refractivity contribution is -0.111. The molecule has 0 saturated heterocycles. The lowest BCUT2D eigenvalue weighted by Gasteiger charge is -2.08. The summed E-state index contributed by atoms with van der Waals surface area (Å²) in [7, 11) is 1.51. The van der Waals surface area contributed by atoms with E-state index in [9.17, 15) is 18.4 Å². The first-order valence-corrected chi connectivity index (χ1v) is 8.85. The number of aromatic nitrogens is 1. The molecule has 0 aliphatic carbocycles. The van der Waals surface area contributed by atoms with E-state index in [0.29, 0.717) is 17.2 Å². The number of carbonyl (C=O) groups is 2. The molecule has 0 aliphatic heterocycles. The maximum Gasteiger partial charge on any atom is 0.269 e. The van der Waals surface area contributed by atoms with Crippen LogP contribution in [0.25, 0.3) is 6.08 Å². The van der Waals surface area contributed by atoms with E-state index in [-0.39, 0.29) is 17.2 Å². The van der Waals surface area contributed by atoms with Crippen molar-refractivity contribution >= 4 is 23.6 Å². The van der Waals surface area contributed by atoms with Gasteiger partial charge >= 0.3 is 0 Å². The van der Waals surface area contributed by atoms with E-state index in [1.54, 1.807) is 30.3 Å². The second-order valence-electron chi connectivity index (χ2n) is 6.07. The highest BCUT2D eigenvalue weighted by molar-refractivity contribution is 6.02. The van der Waals surface area contributed by atoms with Crippen molar-refractivity contribution in [3.8, 4) is 11.5 Å². The first kappa shape index (κ1) is 20.7. The molecule has 0 spiro atoms. The molecule has 2 amide bonds. The zero-order valence-electron chi connectivity index (χ0n) is 15.9. The molecule has 0 saturated carbocycles. The highest BCUT2D eigenvalue weighted by atomic mass is 19.1. The number of anilines is 1. The van der Waals surface area contributed by atoms with Gasteiger partial charge in [0.2, 0.25) is 5.91 Å². The van der Waals surface area contributed by atoms with E-state index >= 15 is 0 Å². The van der Waals surface area contributed by atoms with Gasteiger partial charge in [0, 0.05) is 42.7 Å². The Morgan fingerprint density at radius 2 is 1.77 bits per heavy atom. The van der Waals surface area contributed by atoms with E-state index in [2.05, 4.69) is 15.6 Å². The molecule has 30 heavy (non-hydrogen) atoms. The van der Waals surface area contributed by atoms with E-state index in [0.717, 1.165) is 18.2 Å². The van der Waals surface area contributed by atoms with Crippen molar-refractivity contribution in [2.75, 3.05) is 12.4 Å². The van der Waals surface area contributed by atoms with Crippen LogP contribution in [0.5, 0.6) is 11.5 Å². The Morgan fingerprint density at radius 1 is 1.00 bits per heavy atom. The normalized spacial score (nSPS) is 10.6. The molecule has 1 aromatic heterocycles. The van der Waals surface area contributed by atoms with Crippen molar-refractivity contribution in [1.82, 2.24) is 10.3 Å². The van der Waals surface area contributed by atoms with E-state index < -0.39 is 17.5 Å². The third-order valence-corrected chi connectivity index (χ3v) is 3.93. The number of carbonyl (C=O) groups excluding carboxylic acids is 2. The fraction of sp³-hybridized carbons (Fsp3) is 0.0455. The van der Waals surface area contributed by atoms with Gasteiger partial charge in [-0.1, -0.05) is 0 Å². The van der Waals surface area contributed by atoms with Crippen LogP contribution in [-0.4, -0.2) is 23.8 Å². The second kappa shape index (κ2) is 9.42. The summed E-state index contributed by atoms with van der Waals surface area (Å²) in [6.45, 7) is 0. The number of nitrogens with zero attached hydrogens (tertiary/aromatic N) is 1. The van der Waals surface area contributed by atoms with Crippen molar-refractivity contribution in [3.63, 3.8) is 0 Å². The molecule has 6 nitrogen and oxygen atoms in total. The Balaban J connectivity index is 1.61. The van der Waals surface area contributed by atoms with Crippen LogP contribution >= 0.6 is 0 Å². The van der Waals surface area contributed by atoms with Gasteiger partial charge in [0.05, 0.1) is 0 Å². The smallest absolute Gasteiger partial charge is 0.269 e. The zero-order valence-corrected chi connectivity index (χ0v) is 15.9. The van der Waals surface area contributed by atoms with Crippen LogP contribution in [0.4, 0.5) is 14.5 Å². The van der Waals surface area contributed by atoms with Crippen LogP contribution in [0.15, 0.2) is 66.9 Å². The maximum absolute atomic E-state index is 13.6. The van der Waals surface area contributed by atoms with Gasteiger partial charge in [0.25, 0.3) is 5.91 Å². The third-order valence-electron chi connectivity index (χ3n) is 3.93. The monoisotopic (exact) mass is 409 g/mol. The third kappa shape index (κ3) is 5.48. The molecule has 2 N–H and O–H groups in total. The number of halogens is 2. The summed E-state index contributed by atoms with van der Waals surface area (Å²) >= 11 is 0. The van der Waals surface area contributed by atoms with Crippen molar-refractivity contribution < 1.29 is 23.1 Å². The van der Waals surface area contributed by atoms with Crippen molar-refractivity contribution in [2.24, 2.45) is 0 Å². The minimum Gasteiger partial charge on any atom is -0.457 e. The highest BCUT2D eigenvalue weighted by Gasteiger charge is 2.07.